The molecule has 1 N–H and O–H groups in total. The number of benzene rings is 1. The van der Waals surface area contributed by atoms with Crippen molar-refractivity contribution < 1.29 is 14.1 Å². The summed E-state index contributed by atoms with van der Waals surface area (Å²) in [6, 6.07) is 3.60. The van der Waals surface area contributed by atoms with Crippen LogP contribution in [-0.4, -0.2) is 30.2 Å². The van der Waals surface area contributed by atoms with Crippen LogP contribution in [0.25, 0.3) is 11.1 Å². The number of nitro benzene ring substituents is 1. The molecule has 0 radical (unpaired) electrons. The van der Waals surface area contributed by atoms with E-state index in [0.29, 0.717) is 36.2 Å². The van der Waals surface area contributed by atoms with E-state index in [1.807, 2.05) is 0 Å². The molecule has 0 unspecified atom stereocenters. The third-order valence-corrected chi connectivity index (χ3v) is 3.33. The fraction of sp³-hybridized carbons (Fsp3) is 0.462. The average Bonchev–Trinajstić information content (AvgIpc) is 3.18. The van der Waals surface area contributed by atoms with Crippen LogP contribution in [0.5, 0.6) is 0 Å². The molecule has 7 nitrogen and oxygen atoms in total. The molecule has 0 bridgehead atoms. The zero-order valence-corrected chi connectivity index (χ0v) is 11.1. The van der Waals surface area contributed by atoms with Crippen molar-refractivity contribution in [3.63, 3.8) is 0 Å². The number of nitrogens with one attached hydrogen (secondary N) is 1. The van der Waals surface area contributed by atoms with Crippen molar-refractivity contribution in [3.8, 4) is 0 Å². The number of fused-ring (bicyclic) bond motifs is 1. The van der Waals surface area contributed by atoms with Crippen molar-refractivity contribution in [2.45, 2.75) is 18.8 Å². The number of oxazole rings is 1. The molecular weight excluding hydrogens is 262 g/mol. The van der Waals surface area contributed by atoms with Crippen LogP contribution in [-0.2, 0) is 4.74 Å². The van der Waals surface area contributed by atoms with E-state index in [1.165, 1.54) is 6.07 Å². The lowest BCUT2D eigenvalue weighted by molar-refractivity contribution is -0.385. The Balaban J connectivity index is 1.94. The van der Waals surface area contributed by atoms with Crippen LogP contribution in [0.1, 0.15) is 24.3 Å². The highest BCUT2D eigenvalue weighted by Gasteiger charge is 2.31. The molecule has 0 aliphatic heterocycles. The van der Waals surface area contributed by atoms with Crippen molar-refractivity contribution in [2.75, 3.05) is 25.6 Å². The van der Waals surface area contributed by atoms with Crippen LogP contribution in [0, 0.1) is 10.1 Å². The molecule has 1 aliphatic rings. The molecular formula is C13H15N3O4. The summed E-state index contributed by atoms with van der Waals surface area (Å²) in [7, 11) is 1.61. The summed E-state index contributed by atoms with van der Waals surface area (Å²) in [4.78, 5) is 15.1. The Kier molecular flexibility index (Phi) is 3.27. The van der Waals surface area contributed by atoms with Gasteiger partial charge in [-0.25, -0.2) is 0 Å². The second-order valence-electron chi connectivity index (χ2n) is 4.85. The Morgan fingerprint density at radius 2 is 2.35 bits per heavy atom. The molecule has 1 aromatic carbocycles. The van der Waals surface area contributed by atoms with Crippen molar-refractivity contribution in [3.05, 3.63) is 27.8 Å². The lowest BCUT2D eigenvalue weighted by Crippen LogP contribution is -2.07. The second-order valence-corrected chi connectivity index (χ2v) is 4.85. The summed E-state index contributed by atoms with van der Waals surface area (Å²) in [5.74, 6) is 0.293. The van der Waals surface area contributed by atoms with Crippen LogP contribution in [0.2, 0.25) is 0 Å². The van der Waals surface area contributed by atoms with Crippen molar-refractivity contribution in [2.24, 2.45) is 0 Å². The Labute approximate surface area is 115 Å². The quantitative estimate of drug-likeness (QED) is 0.496. The Morgan fingerprint density at radius 3 is 3.00 bits per heavy atom. The number of anilines is 1. The highest BCUT2D eigenvalue weighted by atomic mass is 16.6. The first kappa shape index (κ1) is 12.9. The lowest BCUT2D eigenvalue weighted by Gasteiger charge is -1.99. The van der Waals surface area contributed by atoms with Gasteiger partial charge < -0.3 is 14.5 Å². The maximum Gasteiger partial charge on any atom is 0.295 e. The minimum absolute atomic E-state index is 0.125. The topological polar surface area (TPSA) is 90.4 Å². The Hall–Kier alpha value is -2.15. The standard InChI is InChI=1S/C13H15N3O4/c1-19-5-4-14-13-15-10-6-9(8-2-3-8)11(16(17)18)7-12(10)20-13/h6-8H,2-5H2,1H3,(H,14,15). The lowest BCUT2D eigenvalue weighted by atomic mass is 10.1. The molecule has 0 amide bonds. The average molecular weight is 277 g/mol. The molecule has 1 aromatic heterocycles. The minimum Gasteiger partial charge on any atom is -0.423 e. The largest absolute Gasteiger partial charge is 0.423 e. The highest BCUT2D eigenvalue weighted by Crippen LogP contribution is 2.45. The van der Waals surface area contributed by atoms with Gasteiger partial charge in [-0.15, -0.1) is 0 Å². The second kappa shape index (κ2) is 5.09. The van der Waals surface area contributed by atoms with Crippen molar-refractivity contribution >= 4 is 22.8 Å². The van der Waals surface area contributed by atoms with Crippen LogP contribution in [0.15, 0.2) is 16.5 Å². The van der Waals surface area contributed by atoms with E-state index in [1.54, 1.807) is 13.2 Å². The molecule has 1 fully saturated rings. The molecule has 2 aromatic rings. The smallest absolute Gasteiger partial charge is 0.295 e. The normalized spacial score (nSPS) is 14.7. The molecule has 106 valence electrons. The number of hydrogen-bond acceptors (Lipinski definition) is 6. The molecule has 1 saturated carbocycles. The maximum atomic E-state index is 11.1. The summed E-state index contributed by atoms with van der Waals surface area (Å²) in [5, 5.41) is 14.1. The van der Waals surface area contributed by atoms with Gasteiger partial charge in [-0.2, -0.15) is 4.98 Å². The molecule has 0 atom stereocenters. The molecule has 0 saturated heterocycles. The van der Waals surface area contributed by atoms with E-state index in [2.05, 4.69) is 10.3 Å². The molecule has 20 heavy (non-hydrogen) atoms. The van der Waals surface area contributed by atoms with Crippen LogP contribution >= 0.6 is 0 Å². The SMILES string of the molecule is COCCNc1nc2cc(C3CC3)c([N+](=O)[O-])cc2o1. The van der Waals surface area contributed by atoms with E-state index in [4.69, 9.17) is 9.15 Å². The highest BCUT2D eigenvalue weighted by molar-refractivity contribution is 5.79. The van der Waals surface area contributed by atoms with E-state index < -0.39 is 0 Å². The van der Waals surface area contributed by atoms with Gasteiger partial charge in [-0.3, -0.25) is 10.1 Å². The van der Waals surface area contributed by atoms with Gasteiger partial charge in [0.2, 0.25) is 0 Å². The molecule has 7 heteroatoms. The van der Waals surface area contributed by atoms with Crippen molar-refractivity contribution in [1.29, 1.82) is 0 Å². The predicted molar refractivity (Wildman–Crippen MR) is 73.0 cm³/mol. The van der Waals surface area contributed by atoms with Gasteiger partial charge in [0, 0.05) is 19.2 Å². The zero-order chi connectivity index (χ0) is 14.1. The Morgan fingerprint density at radius 1 is 1.55 bits per heavy atom. The summed E-state index contributed by atoms with van der Waals surface area (Å²) in [6.45, 7) is 1.10. The number of rotatable bonds is 6. The van der Waals surface area contributed by atoms with Gasteiger partial charge in [0.25, 0.3) is 11.7 Å². The number of hydrogen-bond donors (Lipinski definition) is 1. The zero-order valence-electron chi connectivity index (χ0n) is 11.1. The number of ether oxygens (including phenoxy) is 1. The monoisotopic (exact) mass is 277 g/mol. The summed E-state index contributed by atoms with van der Waals surface area (Å²) in [5.41, 5.74) is 1.97. The van der Waals surface area contributed by atoms with Crippen LogP contribution in [0.3, 0.4) is 0 Å². The number of nitrogens with zero attached hydrogens (tertiary/aromatic N) is 2. The van der Waals surface area contributed by atoms with Crippen LogP contribution in [0.4, 0.5) is 11.7 Å². The number of methoxy groups -OCH3 is 1. The van der Waals surface area contributed by atoms with E-state index in [-0.39, 0.29) is 10.6 Å². The molecule has 0 spiro atoms. The first-order chi connectivity index (χ1) is 9.69. The van der Waals surface area contributed by atoms with Gasteiger partial charge in [-0.05, 0) is 24.8 Å². The van der Waals surface area contributed by atoms with Gasteiger partial charge >= 0.3 is 0 Å². The third kappa shape index (κ3) is 2.44. The number of aromatic nitrogens is 1. The summed E-state index contributed by atoms with van der Waals surface area (Å²) < 4.78 is 10.4. The van der Waals surface area contributed by atoms with Crippen LogP contribution < -0.4 is 5.32 Å². The minimum atomic E-state index is -0.354. The summed E-state index contributed by atoms with van der Waals surface area (Å²) >= 11 is 0. The number of nitro groups is 1. The fourth-order valence-corrected chi connectivity index (χ4v) is 2.19. The first-order valence-electron chi connectivity index (χ1n) is 6.50. The Bertz CT molecular complexity index is 648. The molecule has 3 rings (SSSR count). The third-order valence-electron chi connectivity index (χ3n) is 3.33. The maximum absolute atomic E-state index is 11.1. The summed E-state index contributed by atoms with van der Waals surface area (Å²) in [6.07, 6.45) is 2.01. The van der Waals surface area contributed by atoms with Gasteiger partial charge in [0.1, 0.15) is 5.52 Å². The fourth-order valence-electron chi connectivity index (χ4n) is 2.19. The van der Waals surface area contributed by atoms with Gasteiger partial charge in [-0.1, -0.05) is 0 Å². The molecule has 1 aliphatic carbocycles. The predicted octanol–water partition coefficient (Wildman–Crippen LogP) is 2.67. The van der Waals surface area contributed by atoms with E-state index in [9.17, 15) is 10.1 Å². The first-order valence-corrected chi connectivity index (χ1v) is 6.50. The van der Waals surface area contributed by atoms with Gasteiger partial charge in [0.15, 0.2) is 5.58 Å². The van der Waals surface area contributed by atoms with E-state index >= 15 is 0 Å². The van der Waals surface area contributed by atoms with E-state index in [0.717, 1.165) is 18.4 Å². The van der Waals surface area contributed by atoms with Gasteiger partial charge in [0.05, 0.1) is 17.6 Å². The molecule has 1 heterocycles. The van der Waals surface area contributed by atoms with Crippen molar-refractivity contribution in [1.82, 2.24) is 4.98 Å².